The fraction of sp³-hybridized carbons (Fsp3) is 0.471. The van der Waals surface area contributed by atoms with Crippen molar-refractivity contribution in [2.75, 3.05) is 6.54 Å². The van der Waals surface area contributed by atoms with Gasteiger partial charge in [-0.25, -0.2) is 4.98 Å². The number of rotatable bonds is 8. The molecule has 0 radical (unpaired) electrons. The number of benzene rings is 1. The first-order valence-corrected chi connectivity index (χ1v) is 8.42. The van der Waals surface area contributed by atoms with Crippen LogP contribution in [0.1, 0.15) is 36.5 Å². The van der Waals surface area contributed by atoms with Gasteiger partial charge in [-0.15, -0.1) is 11.3 Å². The average molecular weight is 320 g/mol. The van der Waals surface area contributed by atoms with Crippen LogP contribution >= 0.6 is 11.3 Å². The fourth-order valence-corrected chi connectivity index (χ4v) is 2.53. The van der Waals surface area contributed by atoms with E-state index in [1.165, 1.54) is 5.56 Å². The molecule has 2 aromatic rings. The first-order valence-electron chi connectivity index (χ1n) is 7.54. The summed E-state index contributed by atoms with van der Waals surface area (Å²) in [7, 11) is 0. The predicted octanol–water partition coefficient (Wildman–Crippen LogP) is 3.28. The van der Waals surface area contributed by atoms with Gasteiger partial charge in [0.25, 0.3) is 0 Å². The fourth-order valence-electron chi connectivity index (χ4n) is 1.94. The molecular formula is C17H24N2O2S. The summed E-state index contributed by atoms with van der Waals surface area (Å²) >= 11 is 1.63. The van der Waals surface area contributed by atoms with Crippen LogP contribution in [0, 0.1) is 6.92 Å². The molecule has 1 aromatic carbocycles. The van der Waals surface area contributed by atoms with E-state index >= 15 is 0 Å². The molecule has 0 fully saturated rings. The molecule has 0 aliphatic heterocycles. The Kier molecular flexibility index (Phi) is 5.94. The average Bonchev–Trinajstić information content (AvgIpc) is 2.92. The van der Waals surface area contributed by atoms with Crippen molar-refractivity contribution in [2.45, 2.75) is 45.9 Å². The van der Waals surface area contributed by atoms with Crippen LogP contribution in [-0.2, 0) is 13.2 Å². The summed E-state index contributed by atoms with van der Waals surface area (Å²) in [5.74, 6) is 0.843. The highest BCUT2D eigenvalue weighted by Gasteiger charge is 2.16. The van der Waals surface area contributed by atoms with Gasteiger partial charge in [0.05, 0.1) is 16.3 Å². The summed E-state index contributed by atoms with van der Waals surface area (Å²) in [6.07, 6.45) is 0.739. The van der Waals surface area contributed by atoms with Gasteiger partial charge in [0.2, 0.25) is 0 Å². The minimum atomic E-state index is -0.644. The minimum absolute atomic E-state index is 0.501. The number of ether oxygens (including phenoxy) is 1. The third-order valence-electron chi connectivity index (χ3n) is 3.57. The maximum absolute atomic E-state index is 9.94. The molecular weight excluding hydrogens is 296 g/mol. The van der Waals surface area contributed by atoms with Crippen LogP contribution in [0.3, 0.4) is 0 Å². The quantitative estimate of drug-likeness (QED) is 0.784. The summed E-state index contributed by atoms with van der Waals surface area (Å²) < 4.78 is 5.72. The Hall–Kier alpha value is -1.43. The van der Waals surface area contributed by atoms with Gasteiger partial charge in [-0.3, -0.25) is 0 Å². The van der Waals surface area contributed by atoms with Crippen LogP contribution in [0.25, 0.3) is 0 Å². The van der Waals surface area contributed by atoms with E-state index in [1.807, 2.05) is 50.4 Å². The van der Waals surface area contributed by atoms with Crippen molar-refractivity contribution in [2.24, 2.45) is 0 Å². The zero-order chi connectivity index (χ0) is 16.0. The number of thiazole rings is 1. The summed E-state index contributed by atoms with van der Waals surface area (Å²) in [5.41, 5.74) is 1.49. The van der Waals surface area contributed by atoms with Crippen LogP contribution in [0.2, 0.25) is 0 Å². The molecule has 22 heavy (non-hydrogen) atoms. The van der Waals surface area contributed by atoms with E-state index < -0.39 is 5.60 Å². The predicted molar refractivity (Wildman–Crippen MR) is 90.2 cm³/mol. The Morgan fingerprint density at radius 2 is 2.05 bits per heavy atom. The molecule has 0 aliphatic carbocycles. The normalized spacial score (nSPS) is 13.8. The Labute approximate surface area is 136 Å². The number of hydrogen-bond acceptors (Lipinski definition) is 5. The van der Waals surface area contributed by atoms with Gasteiger partial charge >= 0.3 is 0 Å². The van der Waals surface area contributed by atoms with Crippen LogP contribution in [-0.4, -0.2) is 22.2 Å². The largest absolute Gasteiger partial charge is 0.487 e. The second-order valence-corrected chi connectivity index (χ2v) is 6.81. The molecule has 1 aromatic heterocycles. The maximum atomic E-state index is 9.94. The lowest BCUT2D eigenvalue weighted by Gasteiger charge is -2.21. The Balaban J connectivity index is 1.77. The van der Waals surface area contributed by atoms with Gasteiger partial charge in [0, 0.05) is 18.5 Å². The number of aryl methyl sites for hydroxylation is 1. The second-order valence-electron chi connectivity index (χ2n) is 5.74. The van der Waals surface area contributed by atoms with Crippen molar-refractivity contribution in [1.29, 1.82) is 0 Å². The van der Waals surface area contributed by atoms with E-state index in [1.54, 1.807) is 11.3 Å². The van der Waals surface area contributed by atoms with Gasteiger partial charge in [-0.05, 0) is 38.0 Å². The van der Waals surface area contributed by atoms with E-state index in [4.69, 9.17) is 4.74 Å². The highest BCUT2D eigenvalue weighted by molar-refractivity contribution is 7.09. The zero-order valence-corrected chi connectivity index (χ0v) is 14.2. The molecule has 0 amide bonds. The Bertz CT molecular complexity index is 579. The van der Waals surface area contributed by atoms with Gasteiger partial charge in [0.15, 0.2) is 0 Å². The molecule has 5 heteroatoms. The van der Waals surface area contributed by atoms with E-state index in [2.05, 4.69) is 10.3 Å². The maximum Gasteiger partial charge on any atom is 0.131 e. The molecule has 2 N–H and O–H groups in total. The van der Waals surface area contributed by atoms with E-state index in [-0.39, 0.29) is 0 Å². The summed E-state index contributed by atoms with van der Waals surface area (Å²) in [6.45, 7) is 7.65. The van der Waals surface area contributed by atoms with Gasteiger partial charge in [-0.1, -0.05) is 19.1 Å². The molecule has 120 valence electrons. The molecule has 0 saturated heterocycles. The highest BCUT2D eigenvalue weighted by atomic mass is 32.1. The standard InChI is InChI=1S/C17H24N2O2S/c1-4-17(3,20)12-18-9-14-5-7-16(8-6-14)21-10-15-11-22-13(2)19-15/h5-8,11,18,20H,4,9-10,12H2,1-3H3/t17-/m0/s1. The van der Waals surface area contributed by atoms with Crippen molar-refractivity contribution >= 4 is 11.3 Å². The smallest absolute Gasteiger partial charge is 0.131 e. The molecule has 0 bridgehead atoms. The lowest BCUT2D eigenvalue weighted by atomic mass is 10.0. The third-order valence-corrected chi connectivity index (χ3v) is 4.40. The molecule has 0 saturated carbocycles. The molecule has 2 rings (SSSR count). The zero-order valence-electron chi connectivity index (χ0n) is 13.4. The van der Waals surface area contributed by atoms with Crippen molar-refractivity contribution in [3.63, 3.8) is 0 Å². The summed E-state index contributed by atoms with van der Waals surface area (Å²) in [4.78, 5) is 4.37. The van der Waals surface area contributed by atoms with Gasteiger partial charge in [-0.2, -0.15) is 0 Å². The highest BCUT2D eigenvalue weighted by Crippen LogP contribution is 2.15. The minimum Gasteiger partial charge on any atom is -0.487 e. The van der Waals surface area contributed by atoms with Crippen molar-refractivity contribution in [3.05, 3.63) is 45.9 Å². The van der Waals surface area contributed by atoms with Gasteiger partial charge < -0.3 is 15.2 Å². The number of nitrogens with one attached hydrogen (secondary N) is 1. The summed E-state index contributed by atoms with van der Waals surface area (Å²) in [6, 6.07) is 8.01. The van der Waals surface area contributed by atoms with Crippen LogP contribution < -0.4 is 10.1 Å². The van der Waals surface area contributed by atoms with Crippen molar-refractivity contribution < 1.29 is 9.84 Å². The SMILES string of the molecule is CC[C@](C)(O)CNCc1ccc(OCc2csc(C)n2)cc1. The van der Waals surface area contributed by atoms with Crippen molar-refractivity contribution in [1.82, 2.24) is 10.3 Å². The Morgan fingerprint density at radius 1 is 1.32 bits per heavy atom. The van der Waals surface area contributed by atoms with Gasteiger partial charge in [0.1, 0.15) is 12.4 Å². The lowest BCUT2D eigenvalue weighted by Crippen LogP contribution is -2.36. The molecule has 1 atom stereocenters. The number of aromatic nitrogens is 1. The van der Waals surface area contributed by atoms with Crippen LogP contribution in [0.4, 0.5) is 0 Å². The first-order chi connectivity index (χ1) is 10.5. The molecule has 1 heterocycles. The molecule has 4 nitrogen and oxygen atoms in total. The third kappa shape index (κ3) is 5.40. The number of hydrogen-bond donors (Lipinski definition) is 2. The Morgan fingerprint density at radius 3 is 2.64 bits per heavy atom. The van der Waals surface area contributed by atoms with E-state index in [0.29, 0.717) is 13.2 Å². The lowest BCUT2D eigenvalue weighted by molar-refractivity contribution is 0.0555. The van der Waals surface area contributed by atoms with Crippen LogP contribution in [0.5, 0.6) is 5.75 Å². The summed E-state index contributed by atoms with van der Waals surface area (Å²) in [5, 5.41) is 16.3. The number of aliphatic hydroxyl groups is 1. The number of nitrogens with zero attached hydrogens (tertiary/aromatic N) is 1. The molecule has 0 spiro atoms. The second kappa shape index (κ2) is 7.72. The van der Waals surface area contributed by atoms with Crippen LogP contribution in [0.15, 0.2) is 29.6 Å². The first kappa shape index (κ1) is 16.9. The van der Waals surface area contributed by atoms with E-state index in [0.717, 1.165) is 29.4 Å². The molecule has 0 aliphatic rings. The molecule has 0 unspecified atom stereocenters. The topological polar surface area (TPSA) is 54.4 Å². The monoisotopic (exact) mass is 320 g/mol. The van der Waals surface area contributed by atoms with Crippen molar-refractivity contribution in [3.8, 4) is 5.75 Å². The van der Waals surface area contributed by atoms with E-state index in [9.17, 15) is 5.11 Å².